The molecule has 6 rings (SSSR count). The summed E-state index contributed by atoms with van der Waals surface area (Å²) >= 11 is 1.71. The van der Waals surface area contributed by atoms with E-state index in [2.05, 4.69) is 16.4 Å². The number of nitrogens with zero attached hydrogens (tertiary/aromatic N) is 2. The number of hydrogen-bond donors (Lipinski definition) is 2. The molecule has 0 radical (unpaired) electrons. The predicted octanol–water partition coefficient (Wildman–Crippen LogP) is 4.83. The lowest BCUT2D eigenvalue weighted by molar-refractivity contribution is -0.142. The Balaban J connectivity index is 1.23. The van der Waals surface area contributed by atoms with Gasteiger partial charge in [0.05, 0.1) is 28.8 Å². The summed E-state index contributed by atoms with van der Waals surface area (Å²) in [6.07, 6.45) is -1.54. The third-order valence-corrected chi connectivity index (χ3v) is 9.51. The SMILES string of the molecule is O=C([C@H](O)c1cccc(C(F)(F)F)c1)N1CCCc2nc(C3(c4cc(C5CCOCC5)cs4)CC3)[nH]c(=O)c2C1. The first-order valence-electron chi connectivity index (χ1n) is 13.6. The van der Waals surface area contributed by atoms with Crippen LogP contribution in [0.2, 0.25) is 0 Å². The number of aryl methyl sites for hydroxylation is 1. The number of carbonyl (C=O) groups is 1. The van der Waals surface area contributed by atoms with Gasteiger partial charge in [-0.05, 0) is 79.1 Å². The number of nitrogens with one attached hydrogen (secondary N) is 1. The lowest BCUT2D eigenvalue weighted by atomic mass is 9.92. The van der Waals surface area contributed by atoms with E-state index >= 15 is 0 Å². The molecule has 40 heavy (non-hydrogen) atoms. The molecule has 1 saturated carbocycles. The van der Waals surface area contributed by atoms with E-state index in [-0.39, 0.29) is 29.6 Å². The van der Waals surface area contributed by atoms with Gasteiger partial charge >= 0.3 is 6.18 Å². The molecular formula is C29H30F3N3O4S. The minimum absolute atomic E-state index is 0.0628. The van der Waals surface area contributed by atoms with Crippen molar-refractivity contribution in [1.82, 2.24) is 14.9 Å². The quantitative estimate of drug-likeness (QED) is 0.456. The van der Waals surface area contributed by atoms with Crippen LogP contribution in [0.1, 0.15) is 82.8 Å². The molecule has 2 aliphatic heterocycles. The Morgan fingerprint density at radius 2 is 2.00 bits per heavy atom. The molecule has 1 aromatic carbocycles. The minimum Gasteiger partial charge on any atom is -0.381 e. The van der Waals surface area contributed by atoms with Gasteiger partial charge in [-0.2, -0.15) is 13.2 Å². The summed E-state index contributed by atoms with van der Waals surface area (Å²) in [7, 11) is 0. The molecule has 2 aromatic heterocycles. The molecular weight excluding hydrogens is 543 g/mol. The van der Waals surface area contributed by atoms with E-state index in [1.54, 1.807) is 11.3 Å². The van der Waals surface area contributed by atoms with Gasteiger partial charge in [0, 0.05) is 24.6 Å². The minimum atomic E-state index is -4.59. The number of carbonyl (C=O) groups excluding carboxylic acids is 1. The molecule has 1 aliphatic carbocycles. The van der Waals surface area contributed by atoms with Crippen LogP contribution < -0.4 is 5.56 Å². The molecule has 1 amide bonds. The van der Waals surface area contributed by atoms with Gasteiger partial charge in [0.2, 0.25) is 0 Å². The second-order valence-corrected chi connectivity index (χ2v) is 11.9. The summed E-state index contributed by atoms with van der Waals surface area (Å²) in [5.74, 6) is 0.400. The van der Waals surface area contributed by atoms with E-state index in [0.717, 1.165) is 57.1 Å². The van der Waals surface area contributed by atoms with Crippen LogP contribution >= 0.6 is 11.3 Å². The summed E-state index contributed by atoms with van der Waals surface area (Å²) in [6.45, 7) is 1.74. The molecule has 4 heterocycles. The molecule has 7 nitrogen and oxygen atoms in total. The smallest absolute Gasteiger partial charge is 0.381 e. The Labute approximate surface area is 233 Å². The molecule has 1 saturated heterocycles. The summed E-state index contributed by atoms with van der Waals surface area (Å²) in [4.78, 5) is 36.9. The van der Waals surface area contributed by atoms with Gasteiger partial charge in [-0.1, -0.05) is 12.1 Å². The molecule has 0 spiro atoms. The fourth-order valence-electron chi connectivity index (χ4n) is 5.81. The number of fused-ring (bicyclic) bond motifs is 1. The first kappa shape index (κ1) is 27.2. The second kappa shape index (κ2) is 10.4. The third-order valence-electron chi connectivity index (χ3n) is 8.35. The van der Waals surface area contributed by atoms with Crippen LogP contribution in [0.5, 0.6) is 0 Å². The zero-order chi connectivity index (χ0) is 28.1. The van der Waals surface area contributed by atoms with Crippen molar-refractivity contribution in [1.29, 1.82) is 0 Å². The van der Waals surface area contributed by atoms with Gasteiger partial charge < -0.3 is 19.7 Å². The molecule has 212 valence electrons. The Morgan fingerprint density at radius 1 is 1.23 bits per heavy atom. The van der Waals surface area contributed by atoms with Crippen molar-refractivity contribution in [2.45, 2.75) is 68.7 Å². The second-order valence-electron chi connectivity index (χ2n) is 10.9. The number of ether oxygens (including phenoxy) is 1. The van der Waals surface area contributed by atoms with Crippen molar-refractivity contribution >= 4 is 17.2 Å². The highest BCUT2D eigenvalue weighted by Crippen LogP contribution is 2.54. The van der Waals surface area contributed by atoms with Crippen molar-refractivity contribution < 1.29 is 27.8 Å². The van der Waals surface area contributed by atoms with Gasteiger partial charge in [0.1, 0.15) is 5.82 Å². The largest absolute Gasteiger partial charge is 0.416 e. The van der Waals surface area contributed by atoms with Crippen molar-refractivity contribution in [3.05, 3.63) is 84.7 Å². The summed E-state index contributed by atoms with van der Waals surface area (Å²) in [6, 6.07) is 6.38. The number of thiophene rings is 1. The topological polar surface area (TPSA) is 95.5 Å². The van der Waals surface area contributed by atoms with Crippen LogP contribution in [0, 0.1) is 0 Å². The Kier molecular flexibility index (Phi) is 7.08. The van der Waals surface area contributed by atoms with Crippen LogP contribution in [0.4, 0.5) is 13.2 Å². The number of H-pyrrole nitrogens is 1. The monoisotopic (exact) mass is 573 g/mol. The Bertz CT molecular complexity index is 1470. The Morgan fingerprint density at radius 3 is 2.73 bits per heavy atom. The Hall–Kier alpha value is -3.02. The maximum atomic E-state index is 13.3. The number of halogens is 3. The van der Waals surface area contributed by atoms with Crippen LogP contribution in [0.3, 0.4) is 0 Å². The van der Waals surface area contributed by atoms with Crippen LogP contribution in [0.15, 0.2) is 40.5 Å². The van der Waals surface area contributed by atoms with Gasteiger partial charge in [-0.3, -0.25) is 9.59 Å². The summed E-state index contributed by atoms with van der Waals surface area (Å²) in [5, 5.41) is 12.9. The zero-order valence-electron chi connectivity index (χ0n) is 21.8. The summed E-state index contributed by atoms with van der Waals surface area (Å²) < 4.78 is 44.9. The van der Waals surface area contributed by atoms with E-state index in [1.165, 1.54) is 21.4 Å². The first-order chi connectivity index (χ1) is 19.2. The number of aliphatic hydroxyl groups excluding tert-OH is 1. The van der Waals surface area contributed by atoms with Crippen molar-refractivity contribution in [3.63, 3.8) is 0 Å². The summed E-state index contributed by atoms with van der Waals surface area (Å²) in [5.41, 5.74) is 0.611. The van der Waals surface area contributed by atoms with Gasteiger partial charge in [-0.25, -0.2) is 4.98 Å². The van der Waals surface area contributed by atoms with Crippen molar-refractivity contribution in [2.75, 3.05) is 19.8 Å². The average Bonchev–Trinajstić information content (AvgIpc) is 3.67. The standard InChI is InChI=1S/C29H30F3N3O4S/c30-29(31,32)20-4-1-3-18(13-20)24(36)26(38)35-10-2-5-22-21(15-35)25(37)34-27(33-22)28(8-9-28)23-14-19(16-40-23)17-6-11-39-12-7-17/h1,3-4,13-14,16-17,24,36H,2,5-12,15H2,(H,33,34,37)/t24-/m1/s1. The number of hydrogen-bond acceptors (Lipinski definition) is 6. The van der Waals surface area contributed by atoms with E-state index in [0.29, 0.717) is 35.8 Å². The molecule has 0 unspecified atom stereocenters. The molecule has 1 atom stereocenters. The van der Waals surface area contributed by atoms with Crippen molar-refractivity contribution in [3.8, 4) is 0 Å². The number of aromatic amines is 1. The lowest BCUT2D eigenvalue weighted by Crippen LogP contribution is -2.36. The number of alkyl halides is 3. The highest BCUT2D eigenvalue weighted by atomic mass is 32.1. The number of aliphatic hydroxyl groups is 1. The average molecular weight is 574 g/mol. The van der Waals surface area contributed by atoms with Crippen LogP contribution in [-0.4, -0.2) is 45.6 Å². The van der Waals surface area contributed by atoms with Gasteiger partial charge in [0.25, 0.3) is 11.5 Å². The van der Waals surface area contributed by atoms with Crippen LogP contribution in [-0.2, 0) is 34.1 Å². The number of benzene rings is 1. The number of aromatic nitrogens is 2. The normalized spacial score (nSPS) is 20.1. The van der Waals surface area contributed by atoms with Crippen molar-refractivity contribution in [2.24, 2.45) is 0 Å². The lowest BCUT2D eigenvalue weighted by Gasteiger charge is -2.24. The zero-order valence-corrected chi connectivity index (χ0v) is 22.6. The molecule has 0 bridgehead atoms. The van der Waals surface area contributed by atoms with E-state index < -0.39 is 23.8 Å². The molecule has 3 aliphatic rings. The van der Waals surface area contributed by atoms with E-state index in [9.17, 15) is 27.9 Å². The highest BCUT2D eigenvalue weighted by molar-refractivity contribution is 7.10. The maximum absolute atomic E-state index is 13.3. The fraction of sp³-hybridized carbons (Fsp3) is 0.483. The van der Waals surface area contributed by atoms with Gasteiger partial charge in [0.15, 0.2) is 6.10 Å². The van der Waals surface area contributed by atoms with E-state index in [4.69, 9.17) is 9.72 Å². The predicted molar refractivity (Wildman–Crippen MR) is 142 cm³/mol. The molecule has 3 aromatic rings. The molecule has 2 N–H and O–H groups in total. The number of amides is 1. The number of rotatable bonds is 5. The maximum Gasteiger partial charge on any atom is 0.416 e. The fourth-order valence-corrected chi connectivity index (χ4v) is 7.06. The molecule has 2 fully saturated rings. The third kappa shape index (κ3) is 5.10. The van der Waals surface area contributed by atoms with Gasteiger partial charge in [-0.15, -0.1) is 11.3 Å². The highest BCUT2D eigenvalue weighted by Gasteiger charge is 2.50. The molecule has 11 heteroatoms. The van der Waals surface area contributed by atoms with Crippen LogP contribution in [0.25, 0.3) is 0 Å². The van der Waals surface area contributed by atoms with E-state index in [1.807, 2.05) is 0 Å². The first-order valence-corrected chi connectivity index (χ1v) is 14.5.